The predicted molar refractivity (Wildman–Crippen MR) is 68.3 cm³/mol. The molecule has 92 valence electrons. The minimum Gasteiger partial charge on any atom is -0.497 e. The van der Waals surface area contributed by atoms with E-state index in [1.165, 1.54) is 31.5 Å². The maximum Gasteiger partial charge on any atom is 0.215 e. The van der Waals surface area contributed by atoms with Crippen molar-refractivity contribution in [2.45, 2.75) is 0 Å². The maximum atomic E-state index is 13.8. The van der Waals surface area contributed by atoms with Gasteiger partial charge in [0.1, 0.15) is 17.3 Å². The molecule has 0 spiro atoms. The number of benzene rings is 1. The Morgan fingerprint density at radius 2 is 2.17 bits per heavy atom. The van der Waals surface area contributed by atoms with Crippen LogP contribution in [-0.2, 0) is 0 Å². The van der Waals surface area contributed by atoms with Crippen LogP contribution in [0, 0.1) is 5.82 Å². The molecule has 0 amide bonds. The first-order valence-corrected chi connectivity index (χ1v) is 5.91. The fraction of sp³-hybridized carbons (Fsp3) is 0.0769. The van der Waals surface area contributed by atoms with Gasteiger partial charge in [-0.1, -0.05) is 0 Å². The number of hydrogen-bond donors (Lipinski definition) is 0. The van der Waals surface area contributed by atoms with Crippen molar-refractivity contribution in [3.63, 3.8) is 0 Å². The lowest BCUT2D eigenvalue weighted by Gasteiger charge is -2.05. The van der Waals surface area contributed by atoms with Crippen LogP contribution < -0.4 is 4.74 Å². The standard InChI is InChI=1S/C13H9BrFNO2/c1-18-8-4-5-9(11(15)7-8)13(17)12-10(14)3-2-6-16-12/h2-7H,1H3. The van der Waals surface area contributed by atoms with Gasteiger partial charge in [-0.2, -0.15) is 0 Å². The van der Waals surface area contributed by atoms with Crippen molar-refractivity contribution in [3.05, 3.63) is 58.1 Å². The number of methoxy groups -OCH3 is 1. The lowest BCUT2D eigenvalue weighted by Crippen LogP contribution is -2.07. The lowest BCUT2D eigenvalue weighted by molar-refractivity contribution is 0.103. The van der Waals surface area contributed by atoms with Crippen LogP contribution in [-0.4, -0.2) is 17.9 Å². The smallest absolute Gasteiger partial charge is 0.215 e. The summed E-state index contributed by atoms with van der Waals surface area (Å²) in [6.45, 7) is 0. The monoisotopic (exact) mass is 309 g/mol. The molecular formula is C13H9BrFNO2. The number of carbonyl (C=O) groups excluding carboxylic acids is 1. The van der Waals surface area contributed by atoms with Crippen LogP contribution in [0.15, 0.2) is 41.0 Å². The minimum absolute atomic E-state index is 0.0322. The molecule has 0 radical (unpaired) electrons. The highest BCUT2D eigenvalue weighted by Crippen LogP contribution is 2.21. The summed E-state index contributed by atoms with van der Waals surface area (Å²) in [4.78, 5) is 16.1. The number of aromatic nitrogens is 1. The molecule has 1 aromatic carbocycles. The van der Waals surface area contributed by atoms with Gasteiger partial charge in [0.15, 0.2) is 0 Å². The van der Waals surface area contributed by atoms with E-state index in [1.54, 1.807) is 12.1 Å². The van der Waals surface area contributed by atoms with Crippen molar-refractivity contribution >= 4 is 21.7 Å². The van der Waals surface area contributed by atoms with Gasteiger partial charge in [0.05, 0.1) is 12.7 Å². The molecular weight excluding hydrogens is 301 g/mol. The molecule has 0 aliphatic carbocycles. The molecule has 2 aromatic rings. The third-order valence-corrected chi connectivity index (χ3v) is 3.03. The van der Waals surface area contributed by atoms with Crippen molar-refractivity contribution in [1.29, 1.82) is 0 Å². The molecule has 0 aliphatic heterocycles. The predicted octanol–water partition coefficient (Wildman–Crippen LogP) is 3.22. The molecule has 3 nitrogen and oxygen atoms in total. The van der Waals surface area contributed by atoms with E-state index in [0.717, 1.165) is 0 Å². The van der Waals surface area contributed by atoms with Gasteiger partial charge >= 0.3 is 0 Å². The van der Waals surface area contributed by atoms with Gasteiger partial charge < -0.3 is 4.74 Å². The van der Waals surface area contributed by atoms with Gasteiger partial charge in [-0.05, 0) is 40.2 Å². The third-order valence-electron chi connectivity index (χ3n) is 2.39. The minimum atomic E-state index is -0.628. The van der Waals surface area contributed by atoms with Crippen molar-refractivity contribution in [3.8, 4) is 5.75 Å². The Morgan fingerprint density at radius 1 is 1.39 bits per heavy atom. The molecule has 1 heterocycles. The quantitative estimate of drug-likeness (QED) is 0.817. The SMILES string of the molecule is COc1ccc(C(=O)c2ncccc2Br)c(F)c1. The van der Waals surface area contributed by atoms with Crippen molar-refractivity contribution < 1.29 is 13.9 Å². The Balaban J connectivity index is 2.44. The molecule has 0 aliphatic rings. The molecule has 0 saturated heterocycles. The highest BCUT2D eigenvalue weighted by atomic mass is 79.9. The van der Waals surface area contributed by atoms with Crippen molar-refractivity contribution in [2.75, 3.05) is 7.11 Å². The van der Waals surface area contributed by atoms with Crippen LogP contribution in [0.2, 0.25) is 0 Å². The lowest BCUT2D eigenvalue weighted by atomic mass is 10.1. The fourth-order valence-corrected chi connectivity index (χ4v) is 1.92. The van der Waals surface area contributed by atoms with Gasteiger partial charge in [0, 0.05) is 16.7 Å². The largest absolute Gasteiger partial charge is 0.497 e. The van der Waals surface area contributed by atoms with Crippen LogP contribution in [0.4, 0.5) is 4.39 Å². The van der Waals surface area contributed by atoms with E-state index in [4.69, 9.17) is 4.74 Å². The zero-order valence-electron chi connectivity index (χ0n) is 9.48. The Labute approximate surface area is 112 Å². The van der Waals surface area contributed by atoms with Gasteiger partial charge in [0.25, 0.3) is 0 Å². The van der Waals surface area contributed by atoms with E-state index in [9.17, 15) is 9.18 Å². The van der Waals surface area contributed by atoms with Crippen molar-refractivity contribution in [2.24, 2.45) is 0 Å². The molecule has 0 atom stereocenters. The first-order chi connectivity index (χ1) is 8.63. The van der Waals surface area contributed by atoms with Crippen LogP contribution in [0.1, 0.15) is 16.1 Å². The van der Waals surface area contributed by atoms with E-state index >= 15 is 0 Å². The molecule has 0 bridgehead atoms. The number of hydrogen-bond acceptors (Lipinski definition) is 3. The molecule has 0 unspecified atom stereocenters. The second-order valence-electron chi connectivity index (χ2n) is 3.51. The summed E-state index contributed by atoms with van der Waals surface area (Å²) in [7, 11) is 1.44. The van der Waals surface area contributed by atoms with Gasteiger partial charge in [-0.15, -0.1) is 0 Å². The Kier molecular flexibility index (Phi) is 3.72. The first kappa shape index (κ1) is 12.7. The average molecular weight is 310 g/mol. The number of halogens is 2. The van der Waals surface area contributed by atoms with Gasteiger partial charge in [0.2, 0.25) is 5.78 Å². The topological polar surface area (TPSA) is 39.2 Å². The maximum absolute atomic E-state index is 13.8. The van der Waals surface area contributed by atoms with E-state index in [0.29, 0.717) is 10.2 Å². The summed E-state index contributed by atoms with van der Waals surface area (Å²) < 4.78 is 19.2. The van der Waals surface area contributed by atoms with E-state index in [-0.39, 0.29) is 11.3 Å². The molecule has 0 saturated carbocycles. The Morgan fingerprint density at radius 3 is 2.78 bits per heavy atom. The summed E-state index contributed by atoms with van der Waals surface area (Å²) in [5.41, 5.74) is 0.150. The summed E-state index contributed by atoms with van der Waals surface area (Å²) in [5, 5.41) is 0. The Bertz CT molecular complexity index is 601. The van der Waals surface area contributed by atoms with E-state index in [2.05, 4.69) is 20.9 Å². The summed E-state index contributed by atoms with van der Waals surface area (Å²) in [6, 6.07) is 7.46. The molecule has 0 fully saturated rings. The van der Waals surface area contributed by atoms with Crippen LogP contribution in [0.5, 0.6) is 5.75 Å². The van der Waals surface area contributed by atoms with Crippen molar-refractivity contribution in [1.82, 2.24) is 4.98 Å². The summed E-state index contributed by atoms with van der Waals surface area (Å²) >= 11 is 3.22. The van der Waals surface area contributed by atoms with E-state index in [1.807, 2.05) is 0 Å². The number of ketones is 1. The van der Waals surface area contributed by atoms with Crippen LogP contribution in [0.3, 0.4) is 0 Å². The zero-order valence-corrected chi connectivity index (χ0v) is 11.1. The molecule has 0 N–H and O–H groups in total. The number of nitrogens with zero attached hydrogens (tertiary/aromatic N) is 1. The second-order valence-corrected chi connectivity index (χ2v) is 4.36. The zero-order chi connectivity index (χ0) is 13.1. The number of rotatable bonds is 3. The highest BCUT2D eigenvalue weighted by molar-refractivity contribution is 9.10. The summed E-state index contributed by atoms with van der Waals surface area (Å²) in [5.74, 6) is -0.733. The summed E-state index contributed by atoms with van der Waals surface area (Å²) in [6.07, 6.45) is 1.49. The van der Waals surface area contributed by atoms with Gasteiger partial charge in [-0.3, -0.25) is 9.78 Å². The Hall–Kier alpha value is -1.75. The number of ether oxygens (including phenoxy) is 1. The fourth-order valence-electron chi connectivity index (χ4n) is 1.49. The van der Waals surface area contributed by atoms with Crippen LogP contribution >= 0.6 is 15.9 Å². The molecule has 18 heavy (non-hydrogen) atoms. The van der Waals surface area contributed by atoms with E-state index < -0.39 is 11.6 Å². The number of carbonyl (C=O) groups is 1. The average Bonchev–Trinajstić information content (AvgIpc) is 2.38. The molecule has 5 heteroatoms. The molecule has 1 aromatic heterocycles. The first-order valence-electron chi connectivity index (χ1n) is 5.12. The highest BCUT2D eigenvalue weighted by Gasteiger charge is 2.18. The normalized spacial score (nSPS) is 10.2. The third kappa shape index (κ3) is 2.41. The van der Waals surface area contributed by atoms with Gasteiger partial charge in [-0.25, -0.2) is 4.39 Å². The number of pyridine rings is 1. The molecule has 2 rings (SSSR count). The van der Waals surface area contributed by atoms with Crippen LogP contribution in [0.25, 0.3) is 0 Å². The second kappa shape index (κ2) is 5.27.